The zero-order valence-corrected chi connectivity index (χ0v) is 15.1. The molecule has 0 aromatic heterocycles. The average molecular weight is 323 g/mol. The molecule has 2 aliphatic rings. The van der Waals surface area contributed by atoms with Crippen LogP contribution >= 0.6 is 0 Å². The van der Waals surface area contributed by atoms with Gasteiger partial charge in [0.2, 0.25) is 11.8 Å². The van der Waals surface area contributed by atoms with Crippen LogP contribution in [0.1, 0.15) is 59.3 Å². The summed E-state index contributed by atoms with van der Waals surface area (Å²) in [4.78, 5) is 31.2. The molecule has 5 heteroatoms. The third-order valence-electron chi connectivity index (χ3n) is 5.47. The molecule has 0 spiro atoms. The Morgan fingerprint density at radius 2 is 1.78 bits per heavy atom. The van der Waals surface area contributed by atoms with E-state index in [2.05, 4.69) is 16.7 Å². The molecule has 23 heavy (non-hydrogen) atoms. The van der Waals surface area contributed by atoms with Gasteiger partial charge in [0.05, 0.1) is 6.04 Å². The van der Waals surface area contributed by atoms with E-state index in [0.29, 0.717) is 12.5 Å². The van der Waals surface area contributed by atoms with E-state index in [0.717, 1.165) is 58.4 Å². The van der Waals surface area contributed by atoms with Crippen molar-refractivity contribution < 1.29 is 9.59 Å². The fraction of sp³-hybridized carbons (Fsp3) is 0.889. The second-order valence-electron chi connectivity index (χ2n) is 6.89. The van der Waals surface area contributed by atoms with Gasteiger partial charge in [-0.25, -0.2) is 0 Å². The minimum atomic E-state index is -0.0705. The zero-order valence-electron chi connectivity index (χ0n) is 15.1. The molecule has 2 unspecified atom stereocenters. The third kappa shape index (κ3) is 4.46. The van der Waals surface area contributed by atoms with Gasteiger partial charge in [0, 0.05) is 45.2 Å². The van der Waals surface area contributed by atoms with Crippen molar-refractivity contribution in [2.45, 2.75) is 71.4 Å². The number of amides is 2. The van der Waals surface area contributed by atoms with Crippen molar-refractivity contribution in [3.63, 3.8) is 0 Å². The molecule has 2 heterocycles. The summed E-state index contributed by atoms with van der Waals surface area (Å²) < 4.78 is 0. The largest absolute Gasteiger partial charge is 0.341 e. The summed E-state index contributed by atoms with van der Waals surface area (Å²) in [6, 6.07) is 0.350. The molecule has 5 nitrogen and oxygen atoms in total. The molecular weight excluding hydrogens is 290 g/mol. The number of hydrogen-bond donors (Lipinski definition) is 0. The zero-order chi connectivity index (χ0) is 16.8. The smallest absolute Gasteiger partial charge is 0.239 e. The van der Waals surface area contributed by atoms with Gasteiger partial charge in [0.1, 0.15) is 0 Å². The van der Waals surface area contributed by atoms with E-state index in [1.165, 1.54) is 6.42 Å². The van der Waals surface area contributed by atoms with Crippen LogP contribution in [0.3, 0.4) is 0 Å². The van der Waals surface area contributed by atoms with Crippen molar-refractivity contribution in [2.24, 2.45) is 0 Å². The SMILES string of the molecule is CCC(=O)N1CCCN(C(C)C(=O)N2CCCCC2CC)CC1. The van der Waals surface area contributed by atoms with Gasteiger partial charge in [0.15, 0.2) is 0 Å². The van der Waals surface area contributed by atoms with Crippen molar-refractivity contribution in [3.05, 3.63) is 0 Å². The van der Waals surface area contributed by atoms with Crippen LogP contribution in [0.5, 0.6) is 0 Å². The van der Waals surface area contributed by atoms with Gasteiger partial charge >= 0.3 is 0 Å². The van der Waals surface area contributed by atoms with Gasteiger partial charge in [-0.2, -0.15) is 0 Å². The third-order valence-corrected chi connectivity index (χ3v) is 5.47. The Kier molecular flexibility index (Phi) is 6.88. The summed E-state index contributed by atoms with van der Waals surface area (Å²) in [5, 5.41) is 0. The topological polar surface area (TPSA) is 43.9 Å². The Hall–Kier alpha value is -1.10. The quantitative estimate of drug-likeness (QED) is 0.796. The number of piperidine rings is 1. The molecule has 0 saturated carbocycles. The summed E-state index contributed by atoms with van der Waals surface area (Å²) in [5.74, 6) is 0.514. The summed E-state index contributed by atoms with van der Waals surface area (Å²) in [6.07, 6.45) is 6.11. The molecule has 2 rings (SSSR count). The first-order valence-corrected chi connectivity index (χ1v) is 9.40. The Bertz CT molecular complexity index is 413. The van der Waals surface area contributed by atoms with E-state index < -0.39 is 0 Å². The lowest BCUT2D eigenvalue weighted by atomic mass is 9.99. The van der Waals surface area contributed by atoms with E-state index in [1.807, 2.05) is 18.7 Å². The number of hydrogen-bond acceptors (Lipinski definition) is 3. The molecular formula is C18H33N3O2. The summed E-state index contributed by atoms with van der Waals surface area (Å²) >= 11 is 0. The summed E-state index contributed by atoms with van der Waals surface area (Å²) in [6.45, 7) is 10.3. The van der Waals surface area contributed by atoms with Crippen molar-refractivity contribution in [3.8, 4) is 0 Å². The Morgan fingerprint density at radius 1 is 1.00 bits per heavy atom. The highest BCUT2D eigenvalue weighted by Gasteiger charge is 2.32. The lowest BCUT2D eigenvalue weighted by Crippen LogP contribution is -2.52. The van der Waals surface area contributed by atoms with Crippen molar-refractivity contribution in [1.29, 1.82) is 0 Å². The van der Waals surface area contributed by atoms with Crippen LogP contribution in [0, 0.1) is 0 Å². The fourth-order valence-corrected chi connectivity index (χ4v) is 3.91. The molecule has 2 fully saturated rings. The van der Waals surface area contributed by atoms with Crippen LogP contribution in [0.4, 0.5) is 0 Å². The van der Waals surface area contributed by atoms with Gasteiger partial charge in [-0.3, -0.25) is 14.5 Å². The molecule has 2 aliphatic heterocycles. The summed E-state index contributed by atoms with van der Waals surface area (Å²) in [5.41, 5.74) is 0. The van der Waals surface area contributed by atoms with Crippen molar-refractivity contribution >= 4 is 11.8 Å². The predicted molar refractivity (Wildman–Crippen MR) is 92.2 cm³/mol. The second-order valence-corrected chi connectivity index (χ2v) is 6.89. The molecule has 0 radical (unpaired) electrons. The molecule has 2 saturated heterocycles. The van der Waals surface area contributed by atoms with E-state index in [4.69, 9.17) is 0 Å². The molecule has 0 N–H and O–H groups in total. The maximum Gasteiger partial charge on any atom is 0.239 e. The first-order valence-electron chi connectivity index (χ1n) is 9.40. The molecule has 132 valence electrons. The van der Waals surface area contributed by atoms with Crippen molar-refractivity contribution in [2.75, 3.05) is 32.7 Å². The van der Waals surface area contributed by atoms with Crippen LogP contribution in [0.25, 0.3) is 0 Å². The normalized spacial score (nSPS) is 25.1. The highest BCUT2D eigenvalue weighted by atomic mass is 16.2. The molecule has 0 aromatic carbocycles. The standard InChI is InChI=1S/C18H33N3O2/c1-4-16-9-6-7-12-21(16)18(23)15(3)19-10-8-11-20(14-13-19)17(22)5-2/h15-16H,4-14H2,1-3H3. The Labute approximate surface area is 141 Å². The predicted octanol–water partition coefficient (Wildman–Crippen LogP) is 2.11. The van der Waals surface area contributed by atoms with Crippen LogP contribution < -0.4 is 0 Å². The first kappa shape index (κ1) is 18.2. The molecule has 2 atom stereocenters. The van der Waals surface area contributed by atoms with E-state index in [9.17, 15) is 9.59 Å². The molecule has 2 amide bonds. The lowest BCUT2D eigenvalue weighted by molar-refractivity contribution is -0.140. The molecule has 0 aliphatic carbocycles. The van der Waals surface area contributed by atoms with Crippen LogP contribution in [0.15, 0.2) is 0 Å². The highest BCUT2D eigenvalue weighted by Crippen LogP contribution is 2.21. The maximum atomic E-state index is 13.0. The minimum absolute atomic E-state index is 0.0705. The average Bonchev–Trinajstić information content (AvgIpc) is 2.85. The van der Waals surface area contributed by atoms with E-state index in [1.54, 1.807) is 0 Å². The first-order chi connectivity index (χ1) is 11.1. The van der Waals surface area contributed by atoms with Crippen LogP contribution in [-0.4, -0.2) is 71.3 Å². The summed E-state index contributed by atoms with van der Waals surface area (Å²) in [7, 11) is 0. The number of carbonyl (C=O) groups is 2. The number of carbonyl (C=O) groups excluding carboxylic acids is 2. The lowest BCUT2D eigenvalue weighted by Gasteiger charge is -2.39. The highest BCUT2D eigenvalue weighted by molar-refractivity contribution is 5.82. The van der Waals surface area contributed by atoms with Gasteiger partial charge in [-0.1, -0.05) is 13.8 Å². The van der Waals surface area contributed by atoms with Gasteiger partial charge in [0.25, 0.3) is 0 Å². The van der Waals surface area contributed by atoms with Gasteiger partial charge in [-0.15, -0.1) is 0 Å². The monoisotopic (exact) mass is 323 g/mol. The Balaban J connectivity index is 1.95. The van der Waals surface area contributed by atoms with Crippen LogP contribution in [-0.2, 0) is 9.59 Å². The maximum absolute atomic E-state index is 13.0. The molecule has 0 aromatic rings. The van der Waals surface area contributed by atoms with Gasteiger partial charge < -0.3 is 9.80 Å². The van der Waals surface area contributed by atoms with Crippen LogP contribution in [0.2, 0.25) is 0 Å². The second kappa shape index (κ2) is 8.67. The van der Waals surface area contributed by atoms with E-state index >= 15 is 0 Å². The molecule has 0 bridgehead atoms. The number of rotatable bonds is 4. The number of likely N-dealkylation sites (tertiary alicyclic amines) is 1. The van der Waals surface area contributed by atoms with Crippen molar-refractivity contribution in [1.82, 2.24) is 14.7 Å². The number of nitrogens with zero attached hydrogens (tertiary/aromatic N) is 3. The Morgan fingerprint density at radius 3 is 2.48 bits per heavy atom. The van der Waals surface area contributed by atoms with Gasteiger partial charge in [-0.05, 0) is 39.0 Å². The fourth-order valence-electron chi connectivity index (χ4n) is 3.91. The minimum Gasteiger partial charge on any atom is -0.341 e. The van der Waals surface area contributed by atoms with E-state index in [-0.39, 0.29) is 17.9 Å².